The lowest BCUT2D eigenvalue weighted by molar-refractivity contribution is -0.432. The van der Waals surface area contributed by atoms with Crippen LogP contribution in [0.2, 0.25) is 0 Å². The summed E-state index contributed by atoms with van der Waals surface area (Å²) >= 11 is 0.357. The predicted octanol–water partition coefficient (Wildman–Crippen LogP) is 7.41. The van der Waals surface area contributed by atoms with Crippen LogP contribution in [0.3, 0.4) is 0 Å². The predicted molar refractivity (Wildman–Crippen MR) is 256 cm³/mol. The second-order valence-electron chi connectivity index (χ2n) is 14.9. The van der Waals surface area contributed by atoms with Crippen LogP contribution in [0.1, 0.15) is 66.4 Å². The Morgan fingerprint density at radius 3 is 1.43 bits per heavy atom. The van der Waals surface area contributed by atoms with Crippen molar-refractivity contribution in [1.29, 1.82) is 0 Å². The van der Waals surface area contributed by atoms with Gasteiger partial charge in [0.15, 0.2) is 0 Å². The monoisotopic (exact) mass is 1030 g/mol. The van der Waals surface area contributed by atoms with Crippen molar-refractivity contribution >= 4 is 68.5 Å². The van der Waals surface area contributed by atoms with E-state index >= 15 is 0 Å². The van der Waals surface area contributed by atoms with Gasteiger partial charge in [-0.2, -0.15) is 18.6 Å². The number of hydrogen-bond donors (Lipinski definition) is 6. The number of benzene rings is 4. The number of azo groups is 2. The molecule has 2 aromatic heterocycles. The summed E-state index contributed by atoms with van der Waals surface area (Å²) < 4.78 is 52.8. The van der Waals surface area contributed by atoms with Crippen molar-refractivity contribution in [3.05, 3.63) is 139 Å². The lowest BCUT2D eigenvalue weighted by Crippen LogP contribution is -2.37. The Hall–Kier alpha value is -8.40. The molecule has 0 radical (unpaired) electrons. The fourth-order valence-corrected chi connectivity index (χ4v) is 8.34. The third-order valence-electron chi connectivity index (χ3n) is 10.7. The molecule has 0 fully saturated rings. The molecule has 0 spiro atoms. The Morgan fingerprint density at radius 2 is 1.04 bits per heavy atom. The van der Waals surface area contributed by atoms with Crippen LogP contribution in [-0.4, -0.2) is 75.4 Å². The molecule has 6 N–H and O–H groups in total. The maximum absolute atomic E-state index is 13.4. The SMILES string of the molecule is CCn1c(O)c(N=Nc2ccc(-c3ccc(N=Nc4c(C)c(C(=O)NC(=O)c5ccc(OC)cc5)c(=O)n(CC)c4O)cc3S(=O)(=O)O)c(SOOO)c2)c(C)c(C(=O)NC(=O)c2ccc(OC)cc2)c1=O. The second kappa shape index (κ2) is 22.6. The van der Waals surface area contributed by atoms with Crippen LogP contribution in [0, 0.1) is 13.8 Å². The quantitative estimate of drug-likeness (QED) is 0.0129. The number of imide groups is 2. The van der Waals surface area contributed by atoms with Crippen LogP contribution in [0.15, 0.2) is 125 Å². The van der Waals surface area contributed by atoms with Gasteiger partial charge in [0.2, 0.25) is 11.8 Å². The molecule has 2 heterocycles. The summed E-state index contributed by atoms with van der Waals surface area (Å²) in [5.41, 5.74) is -4.25. The molecule has 0 saturated heterocycles. The van der Waals surface area contributed by atoms with Crippen LogP contribution >= 0.6 is 12.0 Å². The summed E-state index contributed by atoms with van der Waals surface area (Å²) in [5, 5.41) is 55.6. The minimum atomic E-state index is -5.10. The van der Waals surface area contributed by atoms with Crippen molar-refractivity contribution < 1.29 is 66.5 Å². The molecule has 0 aliphatic rings. The van der Waals surface area contributed by atoms with E-state index in [2.05, 4.69) is 40.5 Å². The largest absolute Gasteiger partial charge is 0.497 e. The second-order valence-corrected chi connectivity index (χ2v) is 17.1. The Labute approximate surface area is 412 Å². The van der Waals surface area contributed by atoms with Crippen molar-refractivity contribution in [2.24, 2.45) is 20.5 Å². The van der Waals surface area contributed by atoms with Gasteiger partial charge in [0, 0.05) is 45.8 Å². The minimum Gasteiger partial charge on any atom is -0.497 e. The fourth-order valence-electron chi connectivity index (χ4n) is 7.07. The highest BCUT2D eigenvalue weighted by Gasteiger charge is 2.28. The van der Waals surface area contributed by atoms with E-state index in [1.807, 2.05) is 0 Å². The Morgan fingerprint density at radius 1 is 0.625 bits per heavy atom. The molecule has 0 atom stereocenters. The number of aromatic hydroxyl groups is 2. The molecule has 4 amide bonds. The van der Waals surface area contributed by atoms with E-state index in [1.165, 1.54) is 121 Å². The summed E-state index contributed by atoms with van der Waals surface area (Å²) in [5.74, 6) is -4.35. The highest BCUT2D eigenvalue weighted by molar-refractivity contribution is 7.94. The van der Waals surface area contributed by atoms with Crippen LogP contribution < -0.4 is 31.2 Å². The average molecular weight is 1030 g/mol. The summed E-state index contributed by atoms with van der Waals surface area (Å²) in [4.78, 5) is 78.7. The average Bonchev–Trinajstić information content (AvgIpc) is 3.35. The van der Waals surface area contributed by atoms with Crippen molar-refractivity contribution in [3.63, 3.8) is 0 Å². The van der Waals surface area contributed by atoms with Crippen LogP contribution in [0.5, 0.6) is 23.3 Å². The zero-order valence-corrected chi connectivity index (χ0v) is 40.3. The number of carbonyl (C=O) groups excluding carboxylic acids is 4. The minimum absolute atomic E-state index is 0.0166. The fraction of sp³-hybridized carbons (Fsp3) is 0.174. The first-order valence-corrected chi connectivity index (χ1v) is 23.1. The molecule has 24 nitrogen and oxygen atoms in total. The van der Waals surface area contributed by atoms with Crippen LogP contribution in [0.4, 0.5) is 22.7 Å². The Balaban J connectivity index is 1.34. The molecule has 0 unspecified atom stereocenters. The number of rotatable bonds is 17. The van der Waals surface area contributed by atoms with E-state index in [-0.39, 0.29) is 68.4 Å². The van der Waals surface area contributed by atoms with Gasteiger partial charge in [0.05, 0.1) is 37.6 Å². The van der Waals surface area contributed by atoms with E-state index in [0.29, 0.717) is 23.5 Å². The van der Waals surface area contributed by atoms with Crippen LogP contribution in [0.25, 0.3) is 11.1 Å². The first-order chi connectivity index (χ1) is 34.3. The number of carbonyl (C=O) groups is 4. The zero-order chi connectivity index (χ0) is 52.6. The van der Waals surface area contributed by atoms with Gasteiger partial charge in [0.25, 0.3) is 44.9 Å². The molecule has 4 aromatic carbocycles. The lowest BCUT2D eigenvalue weighted by atomic mass is 10.0. The number of hydrogen-bond acceptors (Lipinski definition) is 20. The summed E-state index contributed by atoms with van der Waals surface area (Å²) in [6.07, 6.45) is 0. The van der Waals surface area contributed by atoms with Crippen LogP contribution in [-0.2, 0) is 32.6 Å². The zero-order valence-electron chi connectivity index (χ0n) is 38.7. The van der Waals surface area contributed by atoms with Gasteiger partial charge in [-0.05, 0) is 106 Å². The molecule has 6 rings (SSSR count). The van der Waals surface area contributed by atoms with E-state index in [1.54, 1.807) is 0 Å². The van der Waals surface area contributed by atoms with Gasteiger partial charge in [-0.25, -0.2) is 5.26 Å². The topological polar surface area (TPSA) is 338 Å². The van der Waals surface area contributed by atoms with Crippen molar-refractivity contribution in [3.8, 4) is 34.4 Å². The molecule has 72 heavy (non-hydrogen) atoms. The summed E-state index contributed by atoms with van der Waals surface area (Å²) in [6.45, 7) is 5.30. The summed E-state index contributed by atoms with van der Waals surface area (Å²) in [7, 11) is -2.24. The highest BCUT2D eigenvalue weighted by atomic mass is 32.2. The first kappa shape index (κ1) is 53.0. The number of amides is 4. The molecular weight excluding hydrogens is 985 g/mol. The van der Waals surface area contributed by atoms with Gasteiger partial charge in [-0.15, -0.1) is 14.6 Å². The Bertz CT molecular complexity index is 3430. The van der Waals surface area contributed by atoms with E-state index in [4.69, 9.17) is 14.7 Å². The molecule has 6 aromatic rings. The Kier molecular flexibility index (Phi) is 16.6. The maximum Gasteiger partial charge on any atom is 0.295 e. The van der Waals surface area contributed by atoms with Gasteiger partial charge in [0.1, 0.15) is 38.9 Å². The number of aromatic nitrogens is 2. The molecular formula is C46H42N8O16S2. The first-order valence-electron chi connectivity index (χ1n) is 20.9. The number of ether oxygens (including phenoxy) is 2. The number of nitrogens with zero attached hydrogens (tertiary/aromatic N) is 6. The molecule has 0 saturated carbocycles. The number of nitrogens with one attached hydrogen (secondary N) is 2. The van der Waals surface area contributed by atoms with Gasteiger partial charge in [-0.3, -0.25) is 53.1 Å². The molecule has 0 bridgehead atoms. The molecule has 26 heteroatoms. The van der Waals surface area contributed by atoms with Gasteiger partial charge < -0.3 is 19.7 Å². The van der Waals surface area contributed by atoms with Crippen molar-refractivity contribution in [2.45, 2.75) is 50.6 Å². The van der Waals surface area contributed by atoms with E-state index in [0.717, 1.165) is 15.2 Å². The normalized spacial score (nSPS) is 11.5. The van der Waals surface area contributed by atoms with E-state index < -0.39 is 78.3 Å². The standard InChI is InChI=1S/C46H42N8O16S2/c1-7-53-43(59)35(41(57)47-39(55)25-9-15-29(67-5)16-10-25)23(3)37(45(53)61)51-49-27-13-19-31(33(21-27)71-70-69-63)32-20-14-28(22-34(32)72(64,65)66)50-52-38-24(4)36(44(60)54(8-2)46(38)62)42(58)48-40(56)26-11-17-30(68-6)18-12-26/h9-22,61-63H,7-8H2,1-6H3,(H,47,55,57)(H,48,56,58)(H,64,65,66). The van der Waals surface area contributed by atoms with Crippen molar-refractivity contribution in [1.82, 2.24) is 19.8 Å². The third kappa shape index (κ3) is 11.3. The lowest BCUT2D eigenvalue weighted by Gasteiger charge is -2.15. The smallest absolute Gasteiger partial charge is 0.295 e. The number of pyridine rings is 2. The molecule has 0 aliphatic carbocycles. The van der Waals surface area contributed by atoms with Gasteiger partial charge in [-0.1, -0.05) is 17.2 Å². The summed E-state index contributed by atoms with van der Waals surface area (Å²) in [6, 6.07) is 18.9. The third-order valence-corrected chi connectivity index (χ3v) is 12.3. The number of methoxy groups -OCH3 is 2. The maximum atomic E-state index is 13.4. The van der Waals surface area contributed by atoms with E-state index in [9.17, 15) is 52.0 Å². The highest BCUT2D eigenvalue weighted by Crippen LogP contribution is 2.41. The molecule has 0 aliphatic heterocycles. The van der Waals surface area contributed by atoms with Gasteiger partial charge >= 0.3 is 0 Å². The molecule has 374 valence electrons. The van der Waals surface area contributed by atoms with Crippen molar-refractivity contribution in [2.75, 3.05) is 14.2 Å².